The summed E-state index contributed by atoms with van der Waals surface area (Å²) in [5.74, 6) is -0.835. The van der Waals surface area contributed by atoms with E-state index in [4.69, 9.17) is 14.2 Å². The molecule has 0 radical (unpaired) electrons. The Morgan fingerprint density at radius 2 is 0.452 bits per heavy atom. The van der Waals surface area contributed by atoms with E-state index in [2.05, 4.69) is 32.9 Å². The molecule has 0 spiro atoms. The smallest absolute Gasteiger partial charge is 0.306 e. The molecule has 0 aliphatic rings. The first kappa shape index (κ1) is 71.2. The van der Waals surface area contributed by atoms with Gasteiger partial charge in [-0.05, 0) is 44.9 Å². The quantitative estimate of drug-likeness (QED) is 0.0261. The lowest BCUT2D eigenvalue weighted by Gasteiger charge is -2.18. The van der Waals surface area contributed by atoms with E-state index in [0.29, 0.717) is 19.3 Å². The molecule has 0 saturated heterocycles. The average Bonchev–Trinajstić information content (AvgIpc) is 3.39. The molecule has 0 fully saturated rings. The first-order valence-electron chi connectivity index (χ1n) is 33.2. The molecule has 6 nitrogen and oxygen atoms in total. The van der Waals surface area contributed by atoms with Crippen LogP contribution in [0.5, 0.6) is 0 Å². The normalized spacial score (nSPS) is 11.6. The van der Waals surface area contributed by atoms with Gasteiger partial charge >= 0.3 is 17.9 Å². The van der Waals surface area contributed by atoms with Gasteiger partial charge in [-0.25, -0.2) is 0 Å². The number of carbonyl (C=O) groups is 3. The molecule has 432 valence electrons. The molecule has 0 aliphatic heterocycles. The molecular formula is C67H128O6. The minimum Gasteiger partial charge on any atom is -0.462 e. The third kappa shape index (κ3) is 60.9. The molecule has 0 aliphatic carbocycles. The van der Waals surface area contributed by atoms with E-state index in [1.54, 1.807) is 0 Å². The highest BCUT2D eigenvalue weighted by Gasteiger charge is 2.19. The van der Waals surface area contributed by atoms with Gasteiger partial charge in [0.15, 0.2) is 6.10 Å². The molecule has 0 atom stereocenters. The monoisotopic (exact) mass is 1030 g/mol. The molecule has 0 bridgehead atoms. The highest BCUT2D eigenvalue weighted by molar-refractivity contribution is 5.71. The van der Waals surface area contributed by atoms with Crippen LogP contribution in [-0.2, 0) is 28.6 Å². The SMILES string of the molecule is CCCCCCCC/C=C\CCCCCCCCCC(=O)OC(COC(=O)CCCCCCCCCCCCCCCCCCCCC)COC(=O)CCCCCCCCCCCCCCCCCCCCC. The fourth-order valence-electron chi connectivity index (χ4n) is 10.3. The minimum atomic E-state index is -0.768. The zero-order chi connectivity index (χ0) is 52.9. The first-order chi connectivity index (χ1) is 36.0. The highest BCUT2D eigenvalue weighted by Crippen LogP contribution is 2.18. The van der Waals surface area contributed by atoms with Crippen LogP contribution >= 0.6 is 0 Å². The van der Waals surface area contributed by atoms with Crippen molar-refractivity contribution in [2.24, 2.45) is 0 Å². The van der Waals surface area contributed by atoms with E-state index >= 15 is 0 Å². The lowest BCUT2D eigenvalue weighted by molar-refractivity contribution is -0.167. The second-order valence-electron chi connectivity index (χ2n) is 22.7. The van der Waals surface area contributed by atoms with Crippen LogP contribution < -0.4 is 0 Å². The Labute approximate surface area is 456 Å². The number of hydrogen-bond acceptors (Lipinski definition) is 6. The molecule has 0 aromatic heterocycles. The van der Waals surface area contributed by atoms with Gasteiger partial charge in [0.05, 0.1) is 0 Å². The van der Waals surface area contributed by atoms with Crippen molar-refractivity contribution in [3.63, 3.8) is 0 Å². The molecule has 0 rings (SSSR count). The first-order valence-corrected chi connectivity index (χ1v) is 33.2. The summed E-state index contributed by atoms with van der Waals surface area (Å²) >= 11 is 0. The Morgan fingerprint density at radius 1 is 0.260 bits per heavy atom. The van der Waals surface area contributed by atoms with Crippen LogP contribution in [0.4, 0.5) is 0 Å². The van der Waals surface area contributed by atoms with E-state index in [1.807, 2.05) is 0 Å². The third-order valence-electron chi connectivity index (χ3n) is 15.3. The van der Waals surface area contributed by atoms with Crippen LogP contribution in [0.3, 0.4) is 0 Å². The zero-order valence-corrected chi connectivity index (χ0v) is 49.7. The predicted octanol–water partition coefficient (Wildman–Crippen LogP) is 22.4. The summed E-state index contributed by atoms with van der Waals surface area (Å²) in [5.41, 5.74) is 0. The van der Waals surface area contributed by atoms with Crippen molar-refractivity contribution in [2.75, 3.05) is 13.2 Å². The van der Waals surface area contributed by atoms with Crippen LogP contribution in [0.2, 0.25) is 0 Å². The minimum absolute atomic E-state index is 0.0650. The van der Waals surface area contributed by atoms with Gasteiger partial charge in [0.1, 0.15) is 13.2 Å². The third-order valence-corrected chi connectivity index (χ3v) is 15.3. The molecule has 0 aromatic carbocycles. The highest BCUT2D eigenvalue weighted by atomic mass is 16.6. The standard InChI is InChI=1S/C67H128O6/c1-4-7-10-13-16-19-22-25-28-31-33-36-38-41-44-47-50-53-56-59-65(68)71-62-64(73-67(70)61-58-55-52-49-46-43-40-35-30-27-24-21-18-15-12-9-6-3)63-72-66(69)60-57-54-51-48-45-42-39-37-34-32-29-26-23-20-17-14-11-8-5-2/h27,30,64H,4-26,28-29,31-63H2,1-3H3/b30-27-. The summed E-state index contributed by atoms with van der Waals surface area (Å²) in [5, 5.41) is 0. The molecule has 0 N–H and O–H groups in total. The number of hydrogen-bond donors (Lipinski definition) is 0. The molecule has 73 heavy (non-hydrogen) atoms. The van der Waals surface area contributed by atoms with E-state index in [-0.39, 0.29) is 31.1 Å². The van der Waals surface area contributed by atoms with E-state index < -0.39 is 6.10 Å². The van der Waals surface area contributed by atoms with Crippen molar-refractivity contribution in [1.82, 2.24) is 0 Å². The van der Waals surface area contributed by atoms with Crippen molar-refractivity contribution >= 4 is 17.9 Å². The Hall–Kier alpha value is -1.85. The van der Waals surface area contributed by atoms with Gasteiger partial charge in [0.25, 0.3) is 0 Å². The number of allylic oxidation sites excluding steroid dienone is 2. The van der Waals surface area contributed by atoms with Gasteiger partial charge in [-0.2, -0.15) is 0 Å². The molecule has 6 heteroatoms. The van der Waals surface area contributed by atoms with Crippen LogP contribution in [0.15, 0.2) is 12.2 Å². The van der Waals surface area contributed by atoms with Crippen molar-refractivity contribution in [2.45, 2.75) is 386 Å². The van der Waals surface area contributed by atoms with E-state index in [0.717, 1.165) is 57.8 Å². The maximum absolute atomic E-state index is 12.9. The van der Waals surface area contributed by atoms with Gasteiger partial charge in [0, 0.05) is 19.3 Å². The Morgan fingerprint density at radius 3 is 0.685 bits per heavy atom. The summed E-state index contributed by atoms with van der Waals surface area (Å²) in [6, 6.07) is 0. The van der Waals surface area contributed by atoms with Crippen LogP contribution in [0.25, 0.3) is 0 Å². The molecule has 0 unspecified atom stereocenters. The second-order valence-corrected chi connectivity index (χ2v) is 22.7. The summed E-state index contributed by atoms with van der Waals surface area (Å²) in [6.07, 6.45) is 73.6. The largest absolute Gasteiger partial charge is 0.462 e. The maximum atomic E-state index is 12.9. The van der Waals surface area contributed by atoms with E-state index in [9.17, 15) is 14.4 Å². The van der Waals surface area contributed by atoms with Gasteiger partial charge in [-0.1, -0.05) is 328 Å². The lowest BCUT2D eigenvalue weighted by atomic mass is 10.0. The molecular weight excluding hydrogens is 901 g/mol. The molecule has 0 amide bonds. The number of carbonyl (C=O) groups excluding carboxylic acids is 3. The van der Waals surface area contributed by atoms with Crippen LogP contribution in [-0.4, -0.2) is 37.2 Å². The second kappa shape index (κ2) is 62.7. The number of ether oxygens (including phenoxy) is 3. The van der Waals surface area contributed by atoms with E-state index in [1.165, 1.54) is 283 Å². The summed E-state index contributed by atoms with van der Waals surface area (Å²) in [6.45, 7) is 6.72. The lowest BCUT2D eigenvalue weighted by Crippen LogP contribution is -2.30. The zero-order valence-electron chi connectivity index (χ0n) is 49.7. The topological polar surface area (TPSA) is 78.9 Å². The summed E-state index contributed by atoms with van der Waals surface area (Å²) in [7, 11) is 0. The van der Waals surface area contributed by atoms with Crippen molar-refractivity contribution in [3.05, 3.63) is 12.2 Å². The summed E-state index contributed by atoms with van der Waals surface area (Å²) < 4.78 is 17.0. The molecule has 0 aromatic rings. The van der Waals surface area contributed by atoms with Gasteiger partial charge in [0.2, 0.25) is 0 Å². The van der Waals surface area contributed by atoms with Crippen molar-refractivity contribution < 1.29 is 28.6 Å². The Bertz CT molecular complexity index is 1080. The number of esters is 3. The number of rotatable bonds is 62. The van der Waals surface area contributed by atoms with Gasteiger partial charge in [-0.3, -0.25) is 14.4 Å². The van der Waals surface area contributed by atoms with Gasteiger partial charge < -0.3 is 14.2 Å². The fraction of sp³-hybridized carbons (Fsp3) is 0.925. The van der Waals surface area contributed by atoms with Crippen LogP contribution in [0, 0.1) is 0 Å². The van der Waals surface area contributed by atoms with Crippen LogP contribution in [0.1, 0.15) is 380 Å². The van der Waals surface area contributed by atoms with Crippen molar-refractivity contribution in [3.8, 4) is 0 Å². The Kier molecular flexibility index (Phi) is 61.1. The molecule has 0 saturated carbocycles. The average molecular weight is 1030 g/mol. The maximum Gasteiger partial charge on any atom is 0.306 e. The fourth-order valence-corrected chi connectivity index (χ4v) is 10.3. The van der Waals surface area contributed by atoms with Crippen molar-refractivity contribution in [1.29, 1.82) is 0 Å². The Balaban J connectivity index is 4.29. The predicted molar refractivity (Wildman–Crippen MR) is 317 cm³/mol. The molecule has 0 heterocycles. The summed E-state index contributed by atoms with van der Waals surface area (Å²) in [4.78, 5) is 38.4. The number of unbranched alkanes of at least 4 members (excludes halogenated alkanes) is 49. The van der Waals surface area contributed by atoms with Gasteiger partial charge in [-0.15, -0.1) is 0 Å².